The summed E-state index contributed by atoms with van der Waals surface area (Å²) in [5.74, 6) is -4.39. The van der Waals surface area contributed by atoms with Crippen molar-refractivity contribution < 1.29 is 27.5 Å². The normalized spacial score (nSPS) is 13.7. The molecule has 0 saturated heterocycles. The average molecular weight is 313 g/mol. The van der Waals surface area contributed by atoms with Crippen molar-refractivity contribution in [2.24, 2.45) is 0 Å². The predicted octanol–water partition coefficient (Wildman–Crippen LogP) is 2.94. The van der Waals surface area contributed by atoms with E-state index in [1.165, 1.54) is 6.26 Å². The summed E-state index contributed by atoms with van der Waals surface area (Å²) >= 11 is 0. The molecule has 0 radical (unpaired) electrons. The maximum atomic E-state index is 13.5. The number of halogens is 3. The molecule has 118 valence electrons. The lowest BCUT2D eigenvalue weighted by Crippen LogP contribution is -2.34. The Bertz CT molecular complexity index is 658. The van der Waals surface area contributed by atoms with Crippen molar-refractivity contribution in [2.45, 2.75) is 25.5 Å². The van der Waals surface area contributed by atoms with Gasteiger partial charge in [-0.1, -0.05) is 0 Å². The van der Waals surface area contributed by atoms with Crippen molar-refractivity contribution in [3.8, 4) is 0 Å². The van der Waals surface area contributed by atoms with Crippen LogP contribution in [-0.2, 0) is 0 Å². The van der Waals surface area contributed by atoms with Gasteiger partial charge in [0.05, 0.1) is 11.8 Å². The molecular formula is C15H14F3NO3. The van der Waals surface area contributed by atoms with Gasteiger partial charge in [-0.3, -0.25) is 4.79 Å². The second-order valence-electron chi connectivity index (χ2n) is 4.89. The van der Waals surface area contributed by atoms with Gasteiger partial charge < -0.3 is 14.8 Å². The summed E-state index contributed by atoms with van der Waals surface area (Å²) in [5, 5.41) is 12.3. The number of rotatable bonds is 5. The summed E-state index contributed by atoms with van der Waals surface area (Å²) in [6.07, 6.45) is 0.573. The maximum absolute atomic E-state index is 13.5. The molecule has 0 aliphatic carbocycles. The molecule has 2 atom stereocenters. The highest BCUT2D eigenvalue weighted by atomic mass is 19.2. The van der Waals surface area contributed by atoms with Crippen LogP contribution >= 0.6 is 0 Å². The number of hydrogen-bond acceptors (Lipinski definition) is 3. The van der Waals surface area contributed by atoms with E-state index in [0.717, 1.165) is 0 Å². The van der Waals surface area contributed by atoms with E-state index >= 15 is 0 Å². The Kier molecular flexibility index (Phi) is 4.87. The lowest BCUT2D eigenvalue weighted by Gasteiger charge is -2.17. The quantitative estimate of drug-likeness (QED) is 0.834. The molecule has 2 rings (SSSR count). The predicted molar refractivity (Wildman–Crippen MR) is 71.5 cm³/mol. The van der Waals surface area contributed by atoms with E-state index in [2.05, 4.69) is 5.32 Å². The number of benzene rings is 1. The fourth-order valence-corrected chi connectivity index (χ4v) is 1.99. The number of aliphatic hydroxyl groups excluding tert-OH is 1. The Labute approximate surface area is 124 Å². The fourth-order valence-electron chi connectivity index (χ4n) is 1.99. The van der Waals surface area contributed by atoms with E-state index in [1.54, 1.807) is 19.1 Å². The fraction of sp³-hybridized carbons (Fsp3) is 0.267. The SMILES string of the molecule is C[C@@H](C[C@H](O)c1ccco1)NC(=O)c1cc(F)c(F)cc1F. The first-order chi connectivity index (χ1) is 10.4. The zero-order chi connectivity index (χ0) is 16.3. The number of nitrogens with one attached hydrogen (secondary N) is 1. The Morgan fingerprint density at radius 2 is 1.95 bits per heavy atom. The van der Waals surface area contributed by atoms with Gasteiger partial charge in [-0.15, -0.1) is 0 Å². The largest absolute Gasteiger partial charge is 0.467 e. The highest BCUT2D eigenvalue weighted by Gasteiger charge is 2.20. The number of furan rings is 1. The van der Waals surface area contributed by atoms with Crippen LogP contribution in [-0.4, -0.2) is 17.1 Å². The third-order valence-corrected chi connectivity index (χ3v) is 3.08. The molecule has 7 heteroatoms. The van der Waals surface area contributed by atoms with Crippen molar-refractivity contribution in [3.05, 3.63) is 59.3 Å². The molecule has 2 aromatic rings. The number of carbonyl (C=O) groups is 1. The summed E-state index contributed by atoms with van der Waals surface area (Å²) in [7, 11) is 0. The van der Waals surface area contributed by atoms with E-state index in [1.807, 2.05) is 0 Å². The highest BCUT2D eigenvalue weighted by Crippen LogP contribution is 2.19. The van der Waals surface area contributed by atoms with Crippen molar-refractivity contribution in [1.29, 1.82) is 0 Å². The molecule has 0 fully saturated rings. The number of hydrogen-bond donors (Lipinski definition) is 2. The van der Waals surface area contributed by atoms with Crippen LogP contribution in [0.1, 0.15) is 35.6 Å². The maximum Gasteiger partial charge on any atom is 0.254 e. The monoisotopic (exact) mass is 313 g/mol. The van der Waals surface area contributed by atoms with Crippen molar-refractivity contribution in [3.63, 3.8) is 0 Å². The van der Waals surface area contributed by atoms with Crippen molar-refractivity contribution >= 4 is 5.91 Å². The highest BCUT2D eigenvalue weighted by molar-refractivity contribution is 5.94. The molecule has 0 aliphatic rings. The van der Waals surface area contributed by atoms with Crippen LogP contribution < -0.4 is 5.32 Å². The van der Waals surface area contributed by atoms with Gasteiger partial charge in [-0.05, 0) is 25.1 Å². The Morgan fingerprint density at radius 1 is 1.27 bits per heavy atom. The Balaban J connectivity index is 2.01. The van der Waals surface area contributed by atoms with E-state index < -0.39 is 41.1 Å². The van der Waals surface area contributed by atoms with Crippen molar-refractivity contribution in [1.82, 2.24) is 5.32 Å². The molecule has 22 heavy (non-hydrogen) atoms. The van der Waals surface area contributed by atoms with Crippen LogP contribution in [0.25, 0.3) is 0 Å². The average Bonchev–Trinajstić information content (AvgIpc) is 2.96. The van der Waals surface area contributed by atoms with Crippen molar-refractivity contribution in [2.75, 3.05) is 0 Å². The molecule has 0 saturated carbocycles. The second-order valence-corrected chi connectivity index (χ2v) is 4.89. The molecule has 4 nitrogen and oxygen atoms in total. The number of amides is 1. The minimum absolute atomic E-state index is 0.116. The summed E-state index contributed by atoms with van der Waals surface area (Å²) in [6.45, 7) is 1.59. The minimum atomic E-state index is -1.37. The van der Waals surface area contributed by atoms with Crippen LogP contribution in [0.15, 0.2) is 34.9 Å². The molecule has 0 unspecified atom stereocenters. The summed E-state index contributed by atoms with van der Waals surface area (Å²) in [4.78, 5) is 11.9. The first-order valence-corrected chi connectivity index (χ1v) is 6.55. The van der Waals surface area contributed by atoms with E-state index in [9.17, 15) is 23.1 Å². The molecule has 2 N–H and O–H groups in total. The lowest BCUT2D eigenvalue weighted by atomic mass is 10.1. The molecule has 0 aliphatic heterocycles. The minimum Gasteiger partial charge on any atom is -0.467 e. The molecule has 1 amide bonds. The Hall–Kier alpha value is -2.28. The van der Waals surface area contributed by atoms with Crippen LogP contribution in [0, 0.1) is 17.5 Å². The van der Waals surface area contributed by atoms with Gasteiger partial charge in [0.25, 0.3) is 5.91 Å². The molecular weight excluding hydrogens is 299 g/mol. The number of aliphatic hydroxyl groups is 1. The standard InChI is InChI=1S/C15H14F3NO3/c1-8(5-13(20)14-3-2-4-22-14)19-15(21)9-6-11(17)12(18)7-10(9)16/h2-4,6-8,13,20H,5H2,1H3,(H,19,21)/t8-,13-/m0/s1. The van der Waals surface area contributed by atoms with Crippen LogP contribution in [0.5, 0.6) is 0 Å². The van der Waals surface area contributed by atoms with Gasteiger partial charge in [0.2, 0.25) is 0 Å². The van der Waals surface area contributed by atoms with E-state index in [4.69, 9.17) is 4.42 Å². The van der Waals surface area contributed by atoms with Gasteiger partial charge in [0, 0.05) is 18.5 Å². The second kappa shape index (κ2) is 6.65. The van der Waals surface area contributed by atoms with Crippen LogP contribution in [0.3, 0.4) is 0 Å². The molecule has 1 aromatic heterocycles. The molecule has 1 aromatic carbocycles. The van der Waals surface area contributed by atoms with Gasteiger partial charge in [-0.2, -0.15) is 0 Å². The van der Waals surface area contributed by atoms with Gasteiger partial charge >= 0.3 is 0 Å². The molecule has 0 spiro atoms. The topological polar surface area (TPSA) is 62.5 Å². The Morgan fingerprint density at radius 3 is 2.59 bits per heavy atom. The van der Waals surface area contributed by atoms with E-state index in [0.29, 0.717) is 17.9 Å². The summed E-state index contributed by atoms with van der Waals surface area (Å²) in [6, 6.07) is 3.45. The summed E-state index contributed by atoms with van der Waals surface area (Å²) in [5.41, 5.74) is -0.599. The van der Waals surface area contributed by atoms with Gasteiger partial charge in [0.15, 0.2) is 11.6 Å². The zero-order valence-electron chi connectivity index (χ0n) is 11.6. The molecule has 0 bridgehead atoms. The van der Waals surface area contributed by atoms with Gasteiger partial charge in [0.1, 0.15) is 17.7 Å². The smallest absolute Gasteiger partial charge is 0.254 e. The van der Waals surface area contributed by atoms with Crippen LogP contribution in [0.4, 0.5) is 13.2 Å². The van der Waals surface area contributed by atoms with Gasteiger partial charge in [-0.25, -0.2) is 13.2 Å². The van der Waals surface area contributed by atoms with E-state index in [-0.39, 0.29) is 6.42 Å². The third-order valence-electron chi connectivity index (χ3n) is 3.08. The molecule has 1 heterocycles. The zero-order valence-corrected chi connectivity index (χ0v) is 11.6. The summed E-state index contributed by atoms with van der Waals surface area (Å²) < 4.78 is 44.4. The third kappa shape index (κ3) is 3.67. The first kappa shape index (κ1) is 16.1. The lowest BCUT2D eigenvalue weighted by molar-refractivity contribution is 0.0898. The number of carbonyl (C=O) groups excluding carboxylic acids is 1. The first-order valence-electron chi connectivity index (χ1n) is 6.55. The van der Waals surface area contributed by atoms with Crippen LogP contribution in [0.2, 0.25) is 0 Å².